The van der Waals surface area contributed by atoms with Crippen molar-refractivity contribution in [2.24, 2.45) is 11.0 Å². The fourth-order valence-corrected chi connectivity index (χ4v) is 3.97. The van der Waals surface area contributed by atoms with Crippen LogP contribution in [-0.2, 0) is 10.2 Å². The quantitative estimate of drug-likeness (QED) is 0.501. The number of hydrogen-bond donors (Lipinski definition) is 1. The Labute approximate surface area is 171 Å². The Morgan fingerprint density at radius 1 is 0.931 bits per heavy atom. The Morgan fingerprint density at radius 2 is 1.48 bits per heavy atom. The van der Waals surface area contributed by atoms with Crippen molar-refractivity contribution in [3.63, 3.8) is 0 Å². The van der Waals surface area contributed by atoms with Crippen molar-refractivity contribution >= 4 is 11.6 Å². The lowest BCUT2D eigenvalue weighted by atomic mass is 9.85. The maximum Gasteiger partial charge on any atom is 0.244 e. The van der Waals surface area contributed by atoms with E-state index in [0.717, 1.165) is 23.4 Å². The van der Waals surface area contributed by atoms with E-state index in [1.54, 1.807) is 7.11 Å². The number of hydrogen-bond acceptors (Lipinski definition) is 3. The van der Waals surface area contributed by atoms with Crippen LogP contribution in [0.1, 0.15) is 30.0 Å². The second-order valence-electron chi connectivity index (χ2n) is 7.36. The molecule has 0 heterocycles. The summed E-state index contributed by atoms with van der Waals surface area (Å²) >= 11 is 0. The van der Waals surface area contributed by atoms with Crippen molar-refractivity contribution in [2.45, 2.75) is 18.8 Å². The van der Waals surface area contributed by atoms with Gasteiger partial charge in [-0.25, -0.2) is 5.43 Å². The summed E-state index contributed by atoms with van der Waals surface area (Å²) in [6.45, 7) is 1.89. The molecule has 1 saturated carbocycles. The van der Waals surface area contributed by atoms with Crippen LogP contribution in [0.5, 0.6) is 5.75 Å². The van der Waals surface area contributed by atoms with Gasteiger partial charge in [-0.15, -0.1) is 0 Å². The van der Waals surface area contributed by atoms with Gasteiger partial charge in [-0.3, -0.25) is 4.79 Å². The van der Waals surface area contributed by atoms with Crippen molar-refractivity contribution in [1.29, 1.82) is 0 Å². The van der Waals surface area contributed by atoms with Crippen molar-refractivity contribution < 1.29 is 9.53 Å². The molecule has 4 nitrogen and oxygen atoms in total. The van der Waals surface area contributed by atoms with Crippen molar-refractivity contribution in [3.8, 4) is 5.75 Å². The van der Waals surface area contributed by atoms with Crippen LogP contribution < -0.4 is 10.2 Å². The van der Waals surface area contributed by atoms with E-state index in [0.29, 0.717) is 0 Å². The number of benzene rings is 3. The summed E-state index contributed by atoms with van der Waals surface area (Å²) in [7, 11) is 1.64. The summed E-state index contributed by atoms with van der Waals surface area (Å²) in [4.78, 5) is 13.0. The van der Waals surface area contributed by atoms with Crippen LogP contribution in [0.3, 0.4) is 0 Å². The number of nitrogens with zero attached hydrogens (tertiary/aromatic N) is 1. The van der Waals surface area contributed by atoms with Crippen LogP contribution in [0.2, 0.25) is 0 Å². The molecule has 1 unspecified atom stereocenters. The standard InChI is InChI=1S/C25H24N2O2/c1-18(19-13-15-22(29-2)16-14-19)26-27-24(28)23-17-25(23,20-9-5-3-6-10-20)21-11-7-4-8-12-21/h3-16,23H,17H2,1-2H3,(H,27,28)/b26-18-. The third kappa shape index (κ3) is 3.66. The SMILES string of the molecule is COc1ccc(/C(C)=N\NC(=O)C2CC2(c2ccccc2)c2ccccc2)cc1. The molecule has 1 atom stereocenters. The molecule has 1 amide bonds. The van der Waals surface area contributed by atoms with Gasteiger partial charge in [0.2, 0.25) is 5.91 Å². The Bertz CT molecular complexity index is 972. The van der Waals surface area contributed by atoms with E-state index in [1.807, 2.05) is 67.6 Å². The van der Waals surface area contributed by atoms with Crippen LogP contribution in [0.25, 0.3) is 0 Å². The van der Waals surface area contributed by atoms with E-state index in [9.17, 15) is 4.79 Å². The van der Waals surface area contributed by atoms with Gasteiger partial charge in [0, 0.05) is 5.41 Å². The zero-order valence-corrected chi connectivity index (χ0v) is 16.6. The second-order valence-corrected chi connectivity index (χ2v) is 7.36. The minimum absolute atomic E-state index is 0.0504. The van der Waals surface area contributed by atoms with E-state index in [1.165, 1.54) is 11.1 Å². The summed E-state index contributed by atoms with van der Waals surface area (Å²) in [6, 6.07) is 28.1. The summed E-state index contributed by atoms with van der Waals surface area (Å²) in [5.74, 6) is 0.601. The Morgan fingerprint density at radius 3 is 2.00 bits per heavy atom. The van der Waals surface area contributed by atoms with Gasteiger partial charge in [-0.1, -0.05) is 60.7 Å². The number of rotatable bonds is 6. The number of amides is 1. The molecule has 0 bridgehead atoms. The van der Waals surface area contributed by atoms with E-state index in [4.69, 9.17) is 4.74 Å². The van der Waals surface area contributed by atoms with Gasteiger partial charge in [-0.2, -0.15) is 5.10 Å². The van der Waals surface area contributed by atoms with E-state index < -0.39 is 0 Å². The highest BCUT2D eigenvalue weighted by Crippen LogP contribution is 2.58. The molecule has 4 heteroatoms. The molecule has 0 radical (unpaired) electrons. The molecule has 4 rings (SSSR count). The molecular formula is C25H24N2O2. The van der Waals surface area contributed by atoms with Gasteiger partial charge in [-0.05, 0) is 54.3 Å². The smallest absolute Gasteiger partial charge is 0.244 e. The number of carbonyl (C=O) groups is 1. The van der Waals surface area contributed by atoms with E-state index >= 15 is 0 Å². The molecule has 3 aromatic carbocycles. The average Bonchev–Trinajstić information content (AvgIpc) is 3.56. The predicted molar refractivity (Wildman–Crippen MR) is 115 cm³/mol. The van der Waals surface area contributed by atoms with Crippen LogP contribution in [0.15, 0.2) is 90.0 Å². The molecule has 3 aromatic rings. The zero-order chi connectivity index (χ0) is 20.3. The lowest BCUT2D eigenvalue weighted by molar-refractivity contribution is -0.122. The topological polar surface area (TPSA) is 50.7 Å². The Kier molecular flexibility index (Phi) is 5.17. The van der Waals surface area contributed by atoms with Gasteiger partial charge in [0.1, 0.15) is 5.75 Å². The first-order valence-electron chi connectivity index (χ1n) is 9.75. The highest BCUT2D eigenvalue weighted by atomic mass is 16.5. The molecule has 0 aromatic heterocycles. The Balaban J connectivity index is 1.54. The van der Waals surface area contributed by atoms with E-state index in [-0.39, 0.29) is 17.2 Å². The predicted octanol–water partition coefficient (Wildman–Crippen LogP) is 4.54. The lowest BCUT2D eigenvalue weighted by Gasteiger charge is -2.18. The van der Waals surface area contributed by atoms with Crippen molar-refractivity contribution in [2.75, 3.05) is 7.11 Å². The molecule has 0 saturated heterocycles. The summed E-state index contributed by atoms with van der Waals surface area (Å²) in [5, 5.41) is 4.34. The fourth-order valence-electron chi connectivity index (χ4n) is 3.97. The number of hydrazone groups is 1. The number of ether oxygens (including phenoxy) is 1. The highest BCUT2D eigenvalue weighted by molar-refractivity contribution is 5.99. The Hall–Kier alpha value is -3.40. The van der Waals surface area contributed by atoms with Crippen LogP contribution in [0, 0.1) is 5.92 Å². The number of nitrogens with one attached hydrogen (secondary N) is 1. The summed E-state index contributed by atoms with van der Waals surface area (Å²) < 4.78 is 5.18. The number of methoxy groups -OCH3 is 1. The first-order valence-corrected chi connectivity index (χ1v) is 9.75. The zero-order valence-electron chi connectivity index (χ0n) is 16.6. The molecule has 29 heavy (non-hydrogen) atoms. The third-order valence-electron chi connectivity index (χ3n) is 5.70. The van der Waals surface area contributed by atoms with Gasteiger partial charge in [0.25, 0.3) is 0 Å². The van der Waals surface area contributed by atoms with Gasteiger partial charge >= 0.3 is 0 Å². The molecule has 0 aliphatic heterocycles. The molecule has 1 aliphatic rings. The second kappa shape index (κ2) is 7.92. The van der Waals surface area contributed by atoms with Gasteiger partial charge in [0.15, 0.2) is 0 Å². The van der Waals surface area contributed by atoms with Crippen molar-refractivity contribution in [3.05, 3.63) is 102 Å². The monoisotopic (exact) mass is 384 g/mol. The summed E-state index contributed by atoms with van der Waals surface area (Å²) in [6.07, 6.45) is 0.782. The first kappa shape index (κ1) is 18.9. The van der Waals surface area contributed by atoms with Gasteiger partial charge < -0.3 is 4.74 Å². The lowest BCUT2D eigenvalue weighted by Crippen LogP contribution is -2.26. The molecule has 1 aliphatic carbocycles. The van der Waals surface area contributed by atoms with Crippen LogP contribution in [0.4, 0.5) is 0 Å². The maximum absolute atomic E-state index is 13.0. The molecule has 146 valence electrons. The van der Waals surface area contributed by atoms with Gasteiger partial charge in [0.05, 0.1) is 18.7 Å². The normalized spacial score (nSPS) is 17.4. The largest absolute Gasteiger partial charge is 0.497 e. The third-order valence-corrected chi connectivity index (χ3v) is 5.70. The van der Waals surface area contributed by atoms with Crippen molar-refractivity contribution in [1.82, 2.24) is 5.43 Å². The minimum atomic E-state index is -0.282. The average molecular weight is 384 g/mol. The molecule has 1 N–H and O–H groups in total. The number of carbonyl (C=O) groups excluding carboxylic acids is 1. The van der Waals surface area contributed by atoms with Crippen LogP contribution in [-0.4, -0.2) is 18.7 Å². The fraction of sp³-hybridized carbons (Fsp3) is 0.200. The highest BCUT2D eigenvalue weighted by Gasteiger charge is 2.60. The first-order chi connectivity index (χ1) is 14.1. The maximum atomic E-state index is 13.0. The van der Waals surface area contributed by atoms with E-state index in [2.05, 4.69) is 34.8 Å². The molecular weight excluding hydrogens is 360 g/mol. The summed E-state index contributed by atoms with van der Waals surface area (Å²) in [5.41, 5.74) is 6.54. The molecule has 0 spiro atoms. The van der Waals surface area contributed by atoms with Crippen LogP contribution >= 0.6 is 0 Å². The minimum Gasteiger partial charge on any atom is -0.497 e. The molecule has 1 fully saturated rings.